The molecule has 0 aromatic carbocycles. The van der Waals surface area contributed by atoms with Gasteiger partial charge in [0, 0.05) is 0 Å². The molecule has 0 aliphatic heterocycles. The molecule has 3 unspecified atom stereocenters. The number of rotatable bonds is 8. The molecule has 2 saturated carbocycles. The first-order valence-electron chi connectivity index (χ1n) is 7.42. The highest BCUT2D eigenvalue weighted by atomic mass is 14.4. The molecule has 2 aliphatic rings. The third-order valence-corrected chi connectivity index (χ3v) is 4.93. The summed E-state index contributed by atoms with van der Waals surface area (Å²) in [6.07, 6.45) is 15.3. The van der Waals surface area contributed by atoms with Gasteiger partial charge in [0.05, 0.1) is 0 Å². The molecule has 16 heavy (non-hydrogen) atoms. The lowest BCUT2D eigenvalue weighted by Gasteiger charge is -2.34. The predicted octanol–water partition coefficient (Wildman–Crippen LogP) is 5.20. The van der Waals surface area contributed by atoms with Crippen LogP contribution in [-0.2, 0) is 0 Å². The van der Waals surface area contributed by atoms with E-state index in [0.29, 0.717) is 0 Å². The van der Waals surface area contributed by atoms with Crippen LogP contribution in [0.25, 0.3) is 0 Å². The lowest BCUT2D eigenvalue weighted by atomic mass is 9.72. The minimum atomic E-state index is 1.05. The van der Waals surface area contributed by atoms with E-state index in [1.807, 2.05) is 0 Å². The summed E-state index contributed by atoms with van der Waals surface area (Å²) < 4.78 is 0. The van der Waals surface area contributed by atoms with E-state index >= 15 is 0 Å². The first kappa shape index (κ1) is 12.2. The van der Waals surface area contributed by atoms with Crippen molar-refractivity contribution in [2.45, 2.75) is 64.7 Å². The Morgan fingerprint density at radius 3 is 2.56 bits per heavy atom. The topological polar surface area (TPSA) is 0 Å². The molecule has 0 aromatic rings. The summed E-state index contributed by atoms with van der Waals surface area (Å²) in [4.78, 5) is 0. The molecular formula is C16H28. The molecule has 0 aromatic heterocycles. The van der Waals surface area contributed by atoms with Gasteiger partial charge in [0.25, 0.3) is 0 Å². The van der Waals surface area contributed by atoms with Gasteiger partial charge in [-0.25, -0.2) is 0 Å². The van der Waals surface area contributed by atoms with Crippen LogP contribution >= 0.6 is 0 Å². The van der Waals surface area contributed by atoms with Crippen LogP contribution in [0.4, 0.5) is 0 Å². The van der Waals surface area contributed by atoms with Crippen LogP contribution in [0.5, 0.6) is 0 Å². The molecule has 3 atom stereocenters. The Balaban J connectivity index is 1.66. The fourth-order valence-electron chi connectivity index (χ4n) is 3.27. The van der Waals surface area contributed by atoms with E-state index in [1.165, 1.54) is 51.4 Å². The second kappa shape index (κ2) is 5.89. The van der Waals surface area contributed by atoms with Crippen LogP contribution in [0.3, 0.4) is 0 Å². The zero-order valence-corrected chi connectivity index (χ0v) is 11.0. The second-order valence-corrected chi connectivity index (χ2v) is 6.23. The molecular weight excluding hydrogens is 192 g/mol. The third kappa shape index (κ3) is 3.37. The molecule has 0 saturated heterocycles. The zero-order valence-electron chi connectivity index (χ0n) is 11.0. The first-order chi connectivity index (χ1) is 7.81. The van der Waals surface area contributed by atoms with Crippen molar-refractivity contribution >= 4 is 0 Å². The van der Waals surface area contributed by atoms with Crippen LogP contribution < -0.4 is 0 Å². The largest absolute Gasteiger partial charge is 0.103 e. The van der Waals surface area contributed by atoms with E-state index in [9.17, 15) is 0 Å². The third-order valence-electron chi connectivity index (χ3n) is 4.93. The van der Waals surface area contributed by atoms with Crippen molar-refractivity contribution in [2.75, 3.05) is 0 Å². The van der Waals surface area contributed by atoms with Gasteiger partial charge >= 0.3 is 0 Å². The normalized spacial score (nSPS) is 30.8. The monoisotopic (exact) mass is 220 g/mol. The fraction of sp³-hybridized carbons (Fsp3) is 0.875. The maximum Gasteiger partial charge on any atom is -0.0353 e. The number of unbranched alkanes of at least 4 members (excludes halogenated alkanes) is 2. The lowest BCUT2D eigenvalue weighted by molar-refractivity contribution is 0.174. The highest BCUT2D eigenvalue weighted by molar-refractivity contribution is 4.88. The van der Waals surface area contributed by atoms with Gasteiger partial charge in [0.2, 0.25) is 0 Å². The number of allylic oxidation sites excluding steroid dienone is 1. The molecule has 92 valence electrons. The minimum absolute atomic E-state index is 1.05. The Labute approximate surface area is 102 Å². The summed E-state index contributed by atoms with van der Waals surface area (Å²) in [6, 6.07) is 0. The van der Waals surface area contributed by atoms with Crippen LogP contribution in [0.1, 0.15) is 64.7 Å². The Bertz CT molecular complexity index is 214. The maximum absolute atomic E-state index is 3.81. The highest BCUT2D eigenvalue weighted by Gasteiger charge is 2.37. The molecule has 0 heteroatoms. The lowest BCUT2D eigenvalue weighted by Crippen LogP contribution is -2.22. The summed E-state index contributed by atoms with van der Waals surface area (Å²) in [5, 5.41) is 0. The van der Waals surface area contributed by atoms with Crippen LogP contribution in [0, 0.1) is 23.7 Å². The summed E-state index contributed by atoms with van der Waals surface area (Å²) in [6.45, 7) is 6.24. The van der Waals surface area contributed by atoms with Gasteiger partial charge in [-0.15, -0.1) is 6.58 Å². The average Bonchev–Trinajstić information content (AvgIpc) is 2.86. The van der Waals surface area contributed by atoms with Crippen LogP contribution in [0.15, 0.2) is 12.7 Å². The molecule has 0 heterocycles. The molecule has 0 amide bonds. The van der Waals surface area contributed by atoms with Crippen molar-refractivity contribution in [3.05, 3.63) is 12.7 Å². The summed E-state index contributed by atoms with van der Waals surface area (Å²) in [5.41, 5.74) is 0. The van der Waals surface area contributed by atoms with E-state index < -0.39 is 0 Å². The average molecular weight is 220 g/mol. The molecule has 2 aliphatic carbocycles. The standard InChI is InChI=1S/C16H28/c1-3-4-5-6-8-15(14-9-7-10-14)12-16-11-13(16)2/h3,13-16H,1,4-12H2,2H3. The number of hydrogen-bond acceptors (Lipinski definition) is 0. The second-order valence-electron chi connectivity index (χ2n) is 6.23. The van der Waals surface area contributed by atoms with Gasteiger partial charge in [0.1, 0.15) is 0 Å². The Hall–Kier alpha value is -0.260. The van der Waals surface area contributed by atoms with Crippen LogP contribution in [-0.4, -0.2) is 0 Å². The Morgan fingerprint density at radius 1 is 1.31 bits per heavy atom. The van der Waals surface area contributed by atoms with E-state index in [-0.39, 0.29) is 0 Å². The molecule has 0 radical (unpaired) electrons. The quantitative estimate of drug-likeness (QED) is 0.390. The molecule has 2 rings (SSSR count). The molecule has 0 bridgehead atoms. The van der Waals surface area contributed by atoms with Crippen molar-refractivity contribution in [1.82, 2.24) is 0 Å². The Morgan fingerprint density at radius 2 is 2.06 bits per heavy atom. The van der Waals surface area contributed by atoms with Gasteiger partial charge < -0.3 is 0 Å². The maximum atomic E-state index is 3.81. The fourth-order valence-corrected chi connectivity index (χ4v) is 3.27. The molecule has 0 spiro atoms. The van der Waals surface area contributed by atoms with Crippen LogP contribution in [0.2, 0.25) is 0 Å². The van der Waals surface area contributed by atoms with Crippen molar-refractivity contribution in [1.29, 1.82) is 0 Å². The van der Waals surface area contributed by atoms with Gasteiger partial charge in [-0.2, -0.15) is 0 Å². The highest BCUT2D eigenvalue weighted by Crippen LogP contribution is 2.48. The smallest absolute Gasteiger partial charge is 0.0353 e. The van der Waals surface area contributed by atoms with Gasteiger partial charge in [0.15, 0.2) is 0 Å². The zero-order chi connectivity index (χ0) is 11.4. The van der Waals surface area contributed by atoms with Crippen molar-refractivity contribution in [3.63, 3.8) is 0 Å². The minimum Gasteiger partial charge on any atom is -0.103 e. The molecule has 2 fully saturated rings. The Kier molecular flexibility index (Phi) is 4.49. The van der Waals surface area contributed by atoms with E-state index in [0.717, 1.165) is 23.7 Å². The van der Waals surface area contributed by atoms with Crippen molar-refractivity contribution in [2.24, 2.45) is 23.7 Å². The summed E-state index contributed by atoms with van der Waals surface area (Å²) >= 11 is 0. The van der Waals surface area contributed by atoms with E-state index in [1.54, 1.807) is 6.42 Å². The SMILES string of the molecule is C=CCCCCC(CC1CC1C)C1CCC1. The van der Waals surface area contributed by atoms with Gasteiger partial charge in [-0.05, 0) is 49.4 Å². The van der Waals surface area contributed by atoms with E-state index in [2.05, 4.69) is 19.6 Å². The first-order valence-corrected chi connectivity index (χ1v) is 7.42. The summed E-state index contributed by atoms with van der Waals surface area (Å²) in [7, 11) is 0. The van der Waals surface area contributed by atoms with Crippen molar-refractivity contribution in [3.8, 4) is 0 Å². The molecule has 0 nitrogen and oxygen atoms in total. The predicted molar refractivity (Wildman–Crippen MR) is 71.4 cm³/mol. The summed E-state index contributed by atoms with van der Waals surface area (Å²) in [5.74, 6) is 4.34. The number of hydrogen-bond donors (Lipinski definition) is 0. The van der Waals surface area contributed by atoms with Crippen molar-refractivity contribution < 1.29 is 0 Å². The van der Waals surface area contributed by atoms with E-state index in [4.69, 9.17) is 0 Å². The van der Waals surface area contributed by atoms with Gasteiger partial charge in [-0.3, -0.25) is 0 Å². The van der Waals surface area contributed by atoms with Gasteiger partial charge in [-0.1, -0.05) is 45.1 Å². The molecule has 0 N–H and O–H groups in total.